The third-order valence-corrected chi connectivity index (χ3v) is 4.88. The summed E-state index contributed by atoms with van der Waals surface area (Å²) in [4.78, 5) is 0. The predicted octanol–water partition coefficient (Wildman–Crippen LogP) is 6.76. The van der Waals surface area contributed by atoms with Crippen LogP contribution in [0.15, 0.2) is 48.5 Å². The van der Waals surface area contributed by atoms with Crippen LogP contribution >= 0.6 is 0 Å². The summed E-state index contributed by atoms with van der Waals surface area (Å²) in [6, 6.07) is 13.1. The summed E-state index contributed by atoms with van der Waals surface area (Å²) in [5.41, 5.74) is 1.61. The van der Waals surface area contributed by atoms with Crippen LogP contribution in [0.5, 0.6) is 0 Å². The van der Waals surface area contributed by atoms with Crippen LogP contribution < -0.4 is 0 Å². The van der Waals surface area contributed by atoms with Crippen molar-refractivity contribution in [2.24, 2.45) is 0 Å². The maximum Gasteiger partial charge on any atom is 0.166 e. The van der Waals surface area contributed by atoms with Crippen LogP contribution in [0, 0.1) is 37.1 Å². The van der Waals surface area contributed by atoms with Crippen molar-refractivity contribution in [3.05, 3.63) is 94.1 Å². The molecule has 0 heterocycles. The molecule has 0 saturated heterocycles. The molecule has 0 unspecified atom stereocenters. The van der Waals surface area contributed by atoms with E-state index in [1.165, 1.54) is 12.1 Å². The molecule has 0 spiro atoms. The van der Waals surface area contributed by atoms with Crippen molar-refractivity contribution in [3.8, 4) is 0 Å². The number of benzene rings is 4. The molecule has 0 fully saturated rings. The van der Waals surface area contributed by atoms with Crippen LogP contribution in [0.4, 0.5) is 17.6 Å². The predicted molar refractivity (Wildman–Crippen MR) is 100 cm³/mol. The van der Waals surface area contributed by atoms with Gasteiger partial charge >= 0.3 is 0 Å². The van der Waals surface area contributed by atoms with Crippen LogP contribution in [0.25, 0.3) is 21.5 Å². The smallest absolute Gasteiger partial charge is 0.166 e. The van der Waals surface area contributed by atoms with Gasteiger partial charge in [-0.25, -0.2) is 17.6 Å². The second-order valence-electron chi connectivity index (χ2n) is 6.95. The van der Waals surface area contributed by atoms with Gasteiger partial charge in [0.05, 0.1) is 0 Å². The van der Waals surface area contributed by atoms with Crippen molar-refractivity contribution >= 4 is 21.5 Å². The van der Waals surface area contributed by atoms with Crippen molar-refractivity contribution in [2.45, 2.75) is 20.3 Å². The highest BCUT2D eigenvalue weighted by molar-refractivity contribution is 5.86. The first-order chi connectivity index (χ1) is 12.8. The molecule has 4 rings (SSSR count). The molecule has 136 valence electrons. The number of hydrogen-bond donors (Lipinski definition) is 0. The minimum atomic E-state index is -1.03. The van der Waals surface area contributed by atoms with Gasteiger partial charge in [0, 0.05) is 17.2 Å². The van der Waals surface area contributed by atoms with Gasteiger partial charge in [-0.05, 0) is 60.0 Å². The molecule has 4 aromatic carbocycles. The molecule has 0 bridgehead atoms. The zero-order chi connectivity index (χ0) is 19.3. The van der Waals surface area contributed by atoms with Gasteiger partial charge in [-0.15, -0.1) is 0 Å². The maximum absolute atomic E-state index is 14.6. The Hall–Kier alpha value is -2.88. The summed E-state index contributed by atoms with van der Waals surface area (Å²) < 4.78 is 58.1. The van der Waals surface area contributed by atoms with Crippen LogP contribution in [0.2, 0.25) is 0 Å². The topological polar surface area (TPSA) is 0 Å². The molecule has 0 saturated carbocycles. The molecule has 0 nitrogen and oxygen atoms in total. The summed E-state index contributed by atoms with van der Waals surface area (Å²) in [5, 5.41) is 1.40. The fraction of sp³-hybridized carbons (Fsp3) is 0.130. The van der Waals surface area contributed by atoms with Crippen LogP contribution in [0.3, 0.4) is 0 Å². The molecule has 0 atom stereocenters. The highest BCUT2D eigenvalue weighted by atomic mass is 19.2. The van der Waals surface area contributed by atoms with Crippen LogP contribution in [-0.4, -0.2) is 0 Å². The van der Waals surface area contributed by atoms with Crippen LogP contribution in [-0.2, 0) is 6.42 Å². The first kappa shape index (κ1) is 17.5. The molecule has 4 heteroatoms. The van der Waals surface area contributed by atoms with E-state index < -0.39 is 23.3 Å². The van der Waals surface area contributed by atoms with Gasteiger partial charge in [0.1, 0.15) is 0 Å². The fourth-order valence-corrected chi connectivity index (χ4v) is 3.46. The van der Waals surface area contributed by atoms with E-state index in [0.29, 0.717) is 10.8 Å². The van der Waals surface area contributed by atoms with Gasteiger partial charge in [0.25, 0.3) is 0 Å². The lowest BCUT2D eigenvalue weighted by atomic mass is 9.96. The first-order valence-corrected chi connectivity index (χ1v) is 8.59. The Morgan fingerprint density at radius 1 is 0.556 bits per heavy atom. The summed E-state index contributed by atoms with van der Waals surface area (Å²) >= 11 is 0. The van der Waals surface area contributed by atoms with Gasteiger partial charge < -0.3 is 0 Å². The molecule has 0 aliphatic heterocycles. The second-order valence-corrected chi connectivity index (χ2v) is 6.95. The zero-order valence-corrected chi connectivity index (χ0v) is 14.8. The average molecular weight is 368 g/mol. The first-order valence-electron chi connectivity index (χ1n) is 8.59. The molecule has 0 radical (unpaired) electrons. The molecule has 0 amide bonds. The van der Waals surface area contributed by atoms with E-state index in [9.17, 15) is 17.6 Å². The number of halogens is 4. The molecule has 0 aliphatic carbocycles. The molecule has 0 N–H and O–H groups in total. The number of hydrogen-bond acceptors (Lipinski definition) is 0. The maximum atomic E-state index is 14.6. The fourth-order valence-electron chi connectivity index (χ4n) is 3.46. The summed E-state index contributed by atoms with van der Waals surface area (Å²) in [6.07, 6.45) is -0.237. The minimum Gasteiger partial charge on any atom is -0.203 e. The van der Waals surface area contributed by atoms with Gasteiger partial charge in [-0.1, -0.05) is 35.4 Å². The largest absolute Gasteiger partial charge is 0.203 e. The molecule has 0 aromatic heterocycles. The highest BCUT2D eigenvalue weighted by Gasteiger charge is 2.18. The van der Waals surface area contributed by atoms with Gasteiger partial charge in [-0.2, -0.15) is 0 Å². The van der Waals surface area contributed by atoms with E-state index in [1.54, 1.807) is 50.2 Å². The molecular weight excluding hydrogens is 352 g/mol. The molecule has 0 aliphatic rings. The third kappa shape index (κ3) is 2.95. The third-order valence-electron chi connectivity index (χ3n) is 4.88. The number of fused-ring (bicyclic) bond motifs is 2. The van der Waals surface area contributed by atoms with Crippen molar-refractivity contribution < 1.29 is 17.6 Å². The number of aryl methyl sites for hydroxylation is 2. The van der Waals surface area contributed by atoms with Crippen molar-refractivity contribution in [2.75, 3.05) is 0 Å². The van der Waals surface area contributed by atoms with E-state index in [1.807, 2.05) is 0 Å². The monoisotopic (exact) mass is 368 g/mol. The lowest BCUT2D eigenvalue weighted by Crippen LogP contribution is -2.02. The number of rotatable bonds is 2. The van der Waals surface area contributed by atoms with E-state index >= 15 is 0 Å². The van der Waals surface area contributed by atoms with Gasteiger partial charge in [0.15, 0.2) is 23.3 Å². The van der Waals surface area contributed by atoms with Crippen molar-refractivity contribution in [1.29, 1.82) is 0 Å². The minimum absolute atomic E-state index is 0.00591. The summed E-state index contributed by atoms with van der Waals surface area (Å²) in [6.45, 7) is 3.58. The average Bonchev–Trinajstić information content (AvgIpc) is 2.65. The Kier molecular flexibility index (Phi) is 4.14. The van der Waals surface area contributed by atoms with E-state index in [-0.39, 0.29) is 28.3 Å². The van der Waals surface area contributed by atoms with E-state index in [2.05, 4.69) is 0 Å². The quantitative estimate of drug-likeness (QED) is 0.343. The zero-order valence-electron chi connectivity index (χ0n) is 14.8. The Morgan fingerprint density at radius 3 is 1.37 bits per heavy atom. The normalized spacial score (nSPS) is 11.5. The van der Waals surface area contributed by atoms with E-state index in [4.69, 9.17) is 0 Å². The van der Waals surface area contributed by atoms with Crippen LogP contribution in [0.1, 0.15) is 22.3 Å². The lowest BCUT2D eigenvalue weighted by molar-refractivity contribution is 0.499. The molecular formula is C23H16F4. The Balaban J connectivity index is 1.87. The Morgan fingerprint density at radius 2 is 0.963 bits per heavy atom. The van der Waals surface area contributed by atoms with Crippen molar-refractivity contribution in [1.82, 2.24) is 0 Å². The summed E-state index contributed by atoms with van der Waals surface area (Å²) in [5.74, 6) is -4.00. The summed E-state index contributed by atoms with van der Waals surface area (Å²) in [7, 11) is 0. The second kappa shape index (κ2) is 6.38. The van der Waals surface area contributed by atoms with Crippen molar-refractivity contribution in [3.63, 3.8) is 0 Å². The van der Waals surface area contributed by atoms with E-state index in [0.717, 1.165) is 11.1 Å². The Labute approximate surface area is 154 Å². The Bertz CT molecular complexity index is 1110. The standard InChI is InChI=1S/C23H16F4/c1-12-3-5-14-9-16(20(24)22(26)18(14)7-12)11-17-10-15-6-4-13(2)8-19(15)23(27)21(17)25/h3-10H,11H2,1-2H3. The SMILES string of the molecule is Cc1ccc2cc(Cc3cc4ccc(C)cc4c(F)c3F)c(F)c(F)c2c1. The molecule has 27 heavy (non-hydrogen) atoms. The lowest BCUT2D eigenvalue weighted by Gasteiger charge is -2.11. The van der Waals surface area contributed by atoms with Gasteiger partial charge in [-0.3, -0.25) is 0 Å². The highest BCUT2D eigenvalue weighted by Crippen LogP contribution is 2.30. The molecule has 4 aromatic rings. The van der Waals surface area contributed by atoms with Gasteiger partial charge in [0.2, 0.25) is 0 Å².